The molecule has 6 nitrogen and oxygen atoms in total. The van der Waals surface area contributed by atoms with E-state index < -0.39 is 16.0 Å². The molecule has 0 aliphatic heterocycles. The highest BCUT2D eigenvalue weighted by atomic mass is 32.2. The first-order valence-corrected chi connectivity index (χ1v) is 6.98. The van der Waals surface area contributed by atoms with Gasteiger partial charge in [0, 0.05) is 13.1 Å². The van der Waals surface area contributed by atoms with E-state index in [1.807, 2.05) is 0 Å². The largest absolute Gasteiger partial charge is 0.465 e. The number of hydrogen-bond acceptors (Lipinski definition) is 5. The van der Waals surface area contributed by atoms with Gasteiger partial charge in [0.1, 0.15) is 0 Å². The van der Waals surface area contributed by atoms with Crippen molar-refractivity contribution in [3.05, 3.63) is 35.4 Å². The molecule has 0 fully saturated rings. The lowest BCUT2D eigenvalue weighted by Gasteiger charge is -2.06. The number of rotatable bonds is 6. The third-order valence-electron chi connectivity index (χ3n) is 2.20. The number of nitrogens with one attached hydrogen (secondary N) is 1. The second-order valence-corrected chi connectivity index (χ2v) is 5.44. The van der Waals surface area contributed by atoms with Crippen LogP contribution in [-0.4, -0.2) is 34.6 Å². The van der Waals surface area contributed by atoms with Crippen LogP contribution in [0.15, 0.2) is 24.3 Å². The smallest absolute Gasteiger partial charge is 0.337 e. The minimum absolute atomic E-state index is 0.144. The molecular weight excluding hydrogens is 256 g/mol. The number of esters is 1. The SMILES string of the molecule is COC(=O)c1ccc(CS(=O)(=O)NCCN)cc1. The predicted octanol–water partition coefficient (Wildman–Crippen LogP) is -0.149. The Morgan fingerprint density at radius 1 is 1.33 bits per heavy atom. The maximum absolute atomic E-state index is 11.6. The Kier molecular flexibility index (Phi) is 5.26. The average Bonchev–Trinajstić information content (AvgIpc) is 2.36. The predicted molar refractivity (Wildman–Crippen MR) is 67.5 cm³/mol. The van der Waals surface area contributed by atoms with Crippen molar-refractivity contribution in [2.24, 2.45) is 5.73 Å². The molecule has 0 aliphatic carbocycles. The van der Waals surface area contributed by atoms with E-state index in [2.05, 4.69) is 9.46 Å². The molecule has 0 aromatic heterocycles. The van der Waals surface area contributed by atoms with E-state index in [1.54, 1.807) is 12.1 Å². The van der Waals surface area contributed by atoms with E-state index in [0.29, 0.717) is 11.1 Å². The maximum atomic E-state index is 11.6. The summed E-state index contributed by atoms with van der Waals surface area (Å²) in [7, 11) is -2.09. The Hall–Kier alpha value is -1.44. The molecule has 100 valence electrons. The van der Waals surface area contributed by atoms with Crippen LogP contribution in [0.25, 0.3) is 0 Å². The third kappa shape index (κ3) is 4.44. The van der Waals surface area contributed by atoms with Crippen molar-refractivity contribution in [2.75, 3.05) is 20.2 Å². The summed E-state index contributed by atoms with van der Waals surface area (Å²) >= 11 is 0. The van der Waals surface area contributed by atoms with Crippen molar-refractivity contribution in [3.8, 4) is 0 Å². The van der Waals surface area contributed by atoms with Crippen LogP contribution in [0.2, 0.25) is 0 Å². The molecule has 0 bridgehead atoms. The van der Waals surface area contributed by atoms with Gasteiger partial charge in [-0.1, -0.05) is 12.1 Å². The molecule has 0 unspecified atom stereocenters. The monoisotopic (exact) mass is 272 g/mol. The van der Waals surface area contributed by atoms with Crippen molar-refractivity contribution in [2.45, 2.75) is 5.75 Å². The molecule has 18 heavy (non-hydrogen) atoms. The molecule has 0 saturated carbocycles. The molecule has 0 heterocycles. The fourth-order valence-electron chi connectivity index (χ4n) is 1.34. The number of sulfonamides is 1. The van der Waals surface area contributed by atoms with Gasteiger partial charge < -0.3 is 10.5 Å². The zero-order valence-corrected chi connectivity index (χ0v) is 10.9. The van der Waals surface area contributed by atoms with E-state index in [1.165, 1.54) is 19.2 Å². The summed E-state index contributed by atoms with van der Waals surface area (Å²) in [4.78, 5) is 11.2. The number of ether oxygens (including phenoxy) is 1. The molecule has 1 rings (SSSR count). The summed E-state index contributed by atoms with van der Waals surface area (Å²) in [5.41, 5.74) is 6.19. The number of methoxy groups -OCH3 is 1. The van der Waals surface area contributed by atoms with Gasteiger partial charge in [0.05, 0.1) is 18.4 Å². The molecule has 0 spiro atoms. The van der Waals surface area contributed by atoms with Crippen LogP contribution in [0.3, 0.4) is 0 Å². The minimum atomic E-state index is -3.38. The number of carbonyl (C=O) groups excluding carboxylic acids is 1. The van der Waals surface area contributed by atoms with Crippen LogP contribution in [0, 0.1) is 0 Å². The van der Waals surface area contributed by atoms with Gasteiger partial charge in [-0.2, -0.15) is 0 Å². The first-order chi connectivity index (χ1) is 8.48. The molecule has 1 aromatic rings. The molecule has 0 saturated heterocycles. The lowest BCUT2D eigenvalue weighted by Crippen LogP contribution is -2.30. The quantitative estimate of drug-likeness (QED) is 0.702. The number of benzene rings is 1. The number of carbonyl (C=O) groups is 1. The highest BCUT2D eigenvalue weighted by Gasteiger charge is 2.11. The molecular formula is C11H16N2O4S. The van der Waals surface area contributed by atoms with Crippen LogP contribution in [0.1, 0.15) is 15.9 Å². The van der Waals surface area contributed by atoms with Gasteiger partial charge in [-0.05, 0) is 17.7 Å². The van der Waals surface area contributed by atoms with Gasteiger partial charge in [-0.25, -0.2) is 17.9 Å². The molecule has 1 aromatic carbocycles. The Balaban J connectivity index is 2.72. The van der Waals surface area contributed by atoms with E-state index >= 15 is 0 Å². The van der Waals surface area contributed by atoms with Crippen molar-refractivity contribution in [1.29, 1.82) is 0 Å². The van der Waals surface area contributed by atoms with Crippen LogP contribution in [-0.2, 0) is 20.5 Å². The van der Waals surface area contributed by atoms with Gasteiger partial charge in [0.25, 0.3) is 0 Å². The fourth-order valence-corrected chi connectivity index (χ4v) is 2.50. The van der Waals surface area contributed by atoms with E-state index in [-0.39, 0.29) is 18.8 Å². The van der Waals surface area contributed by atoms with Crippen molar-refractivity contribution in [1.82, 2.24) is 4.72 Å². The summed E-state index contributed by atoms with van der Waals surface area (Å²) in [6.45, 7) is 0.461. The van der Waals surface area contributed by atoms with Crippen molar-refractivity contribution >= 4 is 16.0 Å². The Labute approximate surface area is 106 Å². The topological polar surface area (TPSA) is 98.5 Å². The van der Waals surface area contributed by atoms with Crippen LogP contribution in [0.4, 0.5) is 0 Å². The normalized spacial score (nSPS) is 11.2. The van der Waals surface area contributed by atoms with Crippen LogP contribution >= 0.6 is 0 Å². The molecule has 7 heteroatoms. The Bertz CT molecular complexity index is 496. The van der Waals surface area contributed by atoms with Crippen LogP contribution in [0.5, 0.6) is 0 Å². The van der Waals surface area contributed by atoms with Gasteiger partial charge in [0.15, 0.2) is 0 Å². The molecule has 0 atom stereocenters. The van der Waals surface area contributed by atoms with Gasteiger partial charge in [-0.3, -0.25) is 0 Å². The zero-order chi connectivity index (χ0) is 13.6. The molecule has 3 N–H and O–H groups in total. The Morgan fingerprint density at radius 2 is 1.94 bits per heavy atom. The Morgan fingerprint density at radius 3 is 2.44 bits per heavy atom. The fraction of sp³-hybridized carbons (Fsp3) is 0.364. The second kappa shape index (κ2) is 6.48. The first-order valence-electron chi connectivity index (χ1n) is 5.33. The molecule has 0 radical (unpaired) electrons. The zero-order valence-electron chi connectivity index (χ0n) is 10.0. The van der Waals surface area contributed by atoms with Crippen LogP contribution < -0.4 is 10.5 Å². The lowest BCUT2D eigenvalue weighted by atomic mass is 10.1. The van der Waals surface area contributed by atoms with E-state index in [9.17, 15) is 13.2 Å². The van der Waals surface area contributed by atoms with Gasteiger partial charge >= 0.3 is 5.97 Å². The summed E-state index contributed by atoms with van der Waals surface area (Å²) < 4.78 is 30.1. The van der Waals surface area contributed by atoms with Crippen molar-refractivity contribution < 1.29 is 17.9 Å². The summed E-state index contributed by atoms with van der Waals surface area (Å²) in [6.07, 6.45) is 0. The number of nitrogens with two attached hydrogens (primary N) is 1. The van der Waals surface area contributed by atoms with Gasteiger partial charge in [0.2, 0.25) is 10.0 Å². The second-order valence-electron chi connectivity index (χ2n) is 3.63. The van der Waals surface area contributed by atoms with E-state index in [4.69, 9.17) is 5.73 Å². The summed E-state index contributed by atoms with van der Waals surface area (Å²) in [5, 5.41) is 0. The summed E-state index contributed by atoms with van der Waals surface area (Å²) in [6, 6.07) is 6.21. The highest BCUT2D eigenvalue weighted by Crippen LogP contribution is 2.08. The average molecular weight is 272 g/mol. The van der Waals surface area contributed by atoms with Crippen molar-refractivity contribution in [3.63, 3.8) is 0 Å². The maximum Gasteiger partial charge on any atom is 0.337 e. The van der Waals surface area contributed by atoms with Gasteiger partial charge in [-0.15, -0.1) is 0 Å². The lowest BCUT2D eigenvalue weighted by molar-refractivity contribution is 0.0600. The number of hydrogen-bond donors (Lipinski definition) is 2. The first kappa shape index (κ1) is 14.6. The third-order valence-corrected chi connectivity index (χ3v) is 3.56. The highest BCUT2D eigenvalue weighted by molar-refractivity contribution is 7.88. The summed E-state index contributed by atoms with van der Waals surface area (Å²) in [5.74, 6) is -0.597. The van der Waals surface area contributed by atoms with E-state index in [0.717, 1.165) is 0 Å². The molecule has 0 aliphatic rings. The minimum Gasteiger partial charge on any atom is -0.465 e. The standard InChI is InChI=1S/C11H16N2O4S/c1-17-11(14)10-4-2-9(3-5-10)8-18(15,16)13-7-6-12/h2-5,13H,6-8,12H2,1H3. The molecule has 0 amide bonds.